The van der Waals surface area contributed by atoms with Crippen LogP contribution < -0.4 is 16.2 Å². The van der Waals surface area contributed by atoms with Crippen LogP contribution in [0.15, 0.2) is 6.07 Å². The number of pyridine rings is 1. The number of hydrogen-bond donors (Lipinski definition) is 3. The molecule has 0 aliphatic carbocycles. The van der Waals surface area contributed by atoms with Gasteiger partial charge in [0, 0.05) is 12.6 Å². The van der Waals surface area contributed by atoms with Crippen LogP contribution in [0.1, 0.15) is 16.1 Å². The smallest absolute Gasteiger partial charge is 0.477 e. The predicted octanol–water partition coefficient (Wildman–Crippen LogP) is 0.719. The van der Waals surface area contributed by atoms with Crippen molar-refractivity contribution in [1.82, 2.24) is 4.98 Å². The Bertz CT molecular complexity index is 448. The molecule has 0 aromatic carbocycles. The zero-order valence-electron chi connectivity index (χ0n) is 8.28. The summed E-state index contributed by atoms with van der Waals surface area (Å²) in [6.45, 7) is -0.196. The fourth-order valence-electron chi connectivity index (χ4n) is 1.12. The second-order valence-electron chi connectivity index (χ2n) is 2.93. The van der Waals surface area contributed by atoms with E-state index in [0.717, 1.165) is 6.07 Å². The number of carboxylic acids is 1. The highest BCUT2D eigenvalue weighted by molar-refractivity contribution is 5.95. The van der Waals surface area contributed by atoms with E-state index in [2.05, 4.69) is 9.72 Å². The normalized spacial score (nSPS) is 11.3. The summed E-state index contributed by atoms with van der Waals surface area (Å²) in [6, 6.07) is 0.785. The molecule has 0 amide bonds. The standard InChI is InChI=1S/C8H8F3N3O3/c9-8(10,11)17-4-1-3(2-12)14-6(13)5(4)7(15)16/h1H,2,12H2,(H2,13,14)(H,15,16). The van der Waals surface area contributed by atoms with Crippen molar-refractivity contribution in [1.29, 1.82) is 0 Å². The van der Waals surface area contributed by atoms with E-state index in [-0.39, 0.29) is 12.2 Å². The summed E-state index contributed by atoms with van der Waals surface area (Å²) in [5, 5.41) is 8.71. The molecule has 1 heterocycles. The average molecular weight is 251 g/mol. The maximum atomic E-state index is 12.0. The van der Waals surface area contributed by atoms with E-state index < -0.39 is 29.5 Å². The first-order valence-corrected chi connectivity index (χ1v) is 4.23. The van der Waals surface area contributed by atoms with E-state index in [0.29, 0.717) is 0 Å². The van der Waals surface area contributed by atoms with Crippen LogP contribution >= 0.6 is 0 Å². The largest absolute Gasteiger partial charge is 0.573 e. The predicted molar refractivity (Wildman–Crippen MR) is 50.2 cm³/mol. The van der Waals surface area contributed by atoms with Gasteiger partial charge < -0.3 is 21.3 Å². The van der Waals surface area contributed by atoms with Gasteiger partial charge in [0.05, 0.1) is 5.69 Å². The third-order valence-electron chi connectivity index (χ3n) is 1.71. The van der Waals surface area contributed by atoms with Gasteiger partial charge in [0.1, 0.15) is 17.1 Å². The van der Waals surface area contributed by atoms with Gasteiger partial charge in [0.15, 0.2) is 0 Å². The number of carboxylic acid groups (broad SMARTS) is 1. The van der Waals surface area contributed by atoms with Gasteiger partial charge in [-0.15, -0.1) is 13.2 Å². The molecule has 0 unspecified atom stereocenters. The van der Waals surface area contributed by atoms with Gasteiger partial charge in [-0.2, -0.15) is 0 Å². The van der Waals surface area contributed by atoms with Gasteiger partial charge in [0.25, 0.3) is 0 Å². The van der Waals surface area contributed by atoms with Crippen LogP contribution in [0.2, 0.25) is 0 Å². The molecular weight excluding hydrogens is 243 g/mol. The van der Waals surface area contributed by atoms with Gasteiger partial charge in [-0.05, 0) is 0 Å². The summed E-state index contributed by atoms with van der Waals surface area (Å²) >= 11 is 0. The lowest BCUT2D eigenvalue weighted by Crippen LogP contribution is -2.21. The number of nitrogen functional groups attached to an aromatic ring is 1. The zero-order valence-corrected chi connectivity index (χ0v) is 8.28. The van der Waals surface area contributed by atoms with Gasteiger partial charge in [-0.25, -0.2) is 9.78 Å². The number of alkyl halides is 3. The van der Waals surface area contributed by atoms with Crippen LogP contribution in [0.5, 0.6) is 5.75 Å². The van der Waals surface area contributed by atoms with E-state index in [4.69, 9.17) is 16.6 Å². The number of rotatable bonds is 3. The highest BCUT2D eigenvalue weighted by Gasteiger charge is 2.34. The van der Waals surface area contributed by atoms with Crippen LogP contribution in [0.3, 0.4) is 0 Å². The Hall–Kier alpha value is -2.03. The summed E-state index contributed by atoms with van der Waals surface area (Å²) in [6.07, 6.45) is -5.02. The molecule has 5 N–H and O–H groups in total. The minimum atomic E-state index is -5.02. The van der Waals surface area contributed by atoms with Crippen LogP contribution in [0.4, 0.5) is 19.0 Å². The Morgan fingerprint density at radius 3 is 2.53 bits per heavy atom. The topological polar surface area (TPSA) is 111 Å². The molecule has 1 aromatic rings. The maximum Gasteiger partial charge on any atom is 0.573 e. The van der Waals surface area contributed by atoms with E-state index in [1.807, 2.05) is 0 Å². The lowest BCUT2D eigenvalue weighted by atomic mass is 10.2. The van der Waals surface area contributed by atoms with Gasteiger partial charge >= 0.3 is 12.3 Å². The summed E-state index contributed by atoms with van der Waals surface area (Å²) in [5.74, 6) is -3.18. The maximum absolute atomic E-state index is 12.0. The van der Waals surface area contributed by atoms with Crippen molar-refractivity contribution in [3.8, 4) is 5.75 Å². The third-order valence-corrected chi connectivity index (χ3v) is 1.71. The van der Waals surface area contributed by atoms with Gasteiger partial charge in [-0.1, -0.05) is 0 Å². The molecule has 0 saturated carbocycles. The average Bonchev–Trinajstić information content (AvgIpc) is 2.13. The van der Waals surface area contributed by atoms with E-state index in [1.165, 1.54) is 0 Å². The fourth-order valence-corrected chi connectivity index (χ4v) is 1.12. The zero-order chi connectivity index (χ0) is 13.2. The minimum absolute atomic E-state index is 0.00764. The molecule has 0 spiro atoms. The van der Waals surface area contributed by atoms with E-state index in [9.17, 15) is 18.0 Å². The van der Waals surface area contributed by atoms with Crippen LogP contribution in [-0.4, -0.2) is 22.4 Å². The molecular formula is C8H8F3N3O3. The molecule has 94 valence electrons. The van der Waals surface area contributed by atoms with E-state index >= 15 is 0 Å². The van der Waals surface area contributed by atoms with Crippen molar-refractivity contribution < 1.29 is 27.8 Å². The van der Waals surface area contributed by atoms with Crippen LogP contribution in [-0.2, 0) is 6.54 Å². The number of anilines is 1. The number of carbonyl (C=O) groups is 1. The first-order valence-electron chi connectivity index (χ1n) is 4.23. The Balaban J connectivity index is 3.32. The van der Waals surface area contributed by atoms with Crippen molar-refractivity contribution in [2.24, 2.45) is 5.73 Å². The first kappa shape index (κ1) is 13.0. The molecule has 1 aromatic heterocycles. The van der Waals surface area contributed by atoms with Gasteiger partial charge in [-0.3, -0.25) is 0 Å². The Morgan fingerprint density at radius 2 is 2.12 bits per heavy atom. The highest BCUT2D eigenvalue weighted by Crippen LogP contribution is 2.29. The lowest BCUT2D eigenvalue weighted by Gasteiger charge is -2.13. The minimum Gasteiger partial charge on any atom is -0.477 e. The molecule has 0 atom stereocenters. The highest BCUT2D eigenvalue weighted by atomic mass is 19.4. The van der Waals surface area contributed by atoms with Crippen LogP contribution in [0, 0.1) is 0 Å². The molecule has 17 heavy (non-hydrogen) atoms. The number of nitrogens with two attached hydrogens (primary N) is 2. The summed E-state index contributed by atoms with van der Waals surface area (Å²) in [7, 11) is 0. The van der Waals surface area contributed by atoms with Crippen LogP contribution in [0.25, 0.3) is 0 Å². The number of nitrogens with zero attached hydrogens (tertiary/aromatic N) is 1. The van der Waals surface area contributed by atoms with E-state index in [1.54, 1.807) is 0 Å². The third kappa shape index (κ3) is 3.21. The second kappa shape index (κ2) is 4.45. The molecule has 6 nitrogen and oxygen atoms in total. The number of aromatic carboxylic acids is 1. The number of halogens is 3. The molecule has 0 bridgehead atoms. The SMILES string of the molecule is NCc1cc(OC(F)(F)F)c(C(=O)O)c(N)n1. The monoisotopic (exact) mass is 251 g/mol. The number of hydrogen-bond acceptors (Lipinski definition) is 5. The summed E-state index contributed by atoms with van der Waals surface area (Å²) < 4.78 is 39.7. The fraction of sp³-hybridized carbons (Fsp3) is 0.250. The lowest BCUT2D eigenvalue weighted by molar-refractivity contribution is -0.274. The van der Waals surface area contributed by atoms with Gasteiger partial charge in [0.2, 0.25) is 0 Å². The molecule has 0 saturated heterocycles. The molecule has 0 fully saturated rings. The first-order chi connectivity index (χ1) is 7.74. The molecule has 0 aliphatic heterocycles. The second-order valence-corrected chi connectivity index (χ2v) is 2.93. The molecule has 9 heteroatoms. The molecule has 0 radical (unpaired) electrons. The number of aromatic nitrogens is 1. The quantitative estimate of drug-likeness (QED) is 0.729. The summed E-state index contributed by atoms with van der Waals surface area (Å²) in [5.41, 5.74) is 9.54. The van der Waals surface area contributed by atoms with Crippen molar-refractivity contribution in [3.63, 3.8) is 0 Å². The number of ether oxygens (including phenoxy) is 1. The molecule has 0 aliphatic rings. The Morgan fingerprint density at radius 1 is 1.53 bits per heavy atom. The Kier molecular flexibility index (Phi) is 3.42. The Labute approximate surface area is 93.0 Å². The van der Waals surface area contributed by atoms with Crippen molar-refractivity contribution >= 4 is 11.8 Å². The summed E-state index contributed by atoms with van der Waals surface area (Å²) in [4.78, 5) is 14.3. The van der Waals surface area contributed by atoms with Crippen molar-refractivity contribution in [2.45, 2.75) is 12.9 Å². The van der Waals surface area contributed by atoms with Crippen molar-refractivity contribution in [3.05, 3.63) is 17.3 Å². The van der Waals surface area contributed by atoms with Crippen molar-refractivity contribution in [2.75, 3.05) is 5.73 Å². The molecule has 1 rings (SSSR count).